The number of benzene rings is 2. The first-order valence-electron chi connectivity index (χ1n) is 10.7. The fourth-order valence-electron chi connectivity index (χ4n) is 4.82. The fourth-order valence-corrected chi connectivity index (χ4v) is 4.82. The van der Waals surface area contributed by atoms with Gasteiger partial charge in [0.05, 0.1) is 5.52 Å². The van der Waals surface area contributed by atoms with Gasteiger partial charge >= 0.3 is 0 Å². The Morgan fingerprint density at radius 1 is 1.00 bits per heavy atom. The minimum atomic E-state index is -0.197. The summed E-state index contributed by atoms with van der Waals surface area (Å²) in [5.74, 6) is 0.851. The van der Waals surface area contributed by atoms with Gasteiger partial charge in [-0.05, 0) is 60.2 Å². The van der Waals surface area contributed by atoms with Gasteiger partial charge in [-0.3, -0.25) is 0 Å². The zero-order valence-electron chi connectivity index (χ0n) is 17.5. The van der Waals surface area contributed by atoms with Gasteiger partial charge in [0, 0.05) is 36.9 Å². The van der Waals surface area contributed by atoms with Crippen LogP contribution in [0.25, 0.3) is 10.9 Å². The number of halogens is 1. The summed E-state index contributed by atoms with van der Waals surface area (Å²) in [5.41, 5.74) is 7.74. The quantitative estimate of drug-likeness (QED) is 0.442. The first-order chi connectivity index (χ1) is 14.7. The van der Waals surface area contributed by atoms with Gasteiger partial charge in [-0.2, -0.15) is 0 Å². The van der Waals surface area contributed by atoms with Crippen LogP contribution in [-0.4, -0.2) is 16.1 Å². The van der Waals surface area contributed by atoms with E-state index in [1.165, 1.54) is 33.3 Å². The lowest BCUT2D eigenvalue weighted by Crippen LogP contribution is -2.31. The summed E-state index contributed by atoms with van der Waals surface area (Å²) in [6, 6.07) is 17.7. The van der Waals surface area contributed by atoms with Crippen LogP contribution in [0, 0.1) is 12.7 Å². The largest absolute Gasteiger partial charge is 0.350 e. The monoisotopic (exact) mass is 399 g/mol. The second-order valence-electron chi connectivity index (χ2n) is 8.11. The standard InChI is InChI=1S/C26H26FN3/c1-3-24-18(2)23-12-14-28-26(29-15-13-20-6-4-5-7-21(20)17-29)25(23)30(24)16-19-8-10-22(27)11-9-19/h4-12,14H,3,13,15-17H2,1-2H3. The SMILES string of the molecule is CCc1c(C)c2ccnc(N3CCc4ccccc4C3)c2n1Cc1ccc(F)cc1. The molecule has 2 aromatic heterocycles. The summed E-state index contributed by atoms with van der Waals surface area (Å²) in [4.78, 5) is 7.26. The van der Waals surface area contributed by atoms with E-state index in [9.17, 15) is 4.39 Å². The molecule has 0 bridgehead atoms. The minimum absolute atomic E-state index is 0.197. The van der Waals surface area contributed by atoms with Crippen molar-refractivity contribution in [2.24, 2.45) is 0 Å². The molecule has 4 heteroatoms. The maximum Gasteiger partial charge on any atom is 0.153 e. The Morgan fingerprint density at radius 2 is 1.77 bits per heavy atom. The van der Waals surface area contributed by atoms with E-state index in [4.69, 9.17) is 4.98 Å². The Kier molecular flexibility index (Phi) is 4.78. The highest BCUT2D eigenvalue weighted by atomic mass is 19.1. The van der Waals surface area contributed by atoms with Crippen molar-refractivity contribution in [3.05, 3.63) is 94.6 Å². The Balaban J connectivity index is 1.64. The molecule has 5 rings (SSSR count). The second-order valence-corrected chi connectivity index (χ2v) is 8.11. The third kappa shape index (κ3) is 3.17. The number of hydrogen-bond acceptors (Lipinski definition) is 2. The number of nitrogens with zero attached hydrogens (tertiary/aromatic N) is 3. The number of anilines is 1. The molecule has 0 atom stereocenters. The predicted molar refractivity (Wildman–Crippen MR) is 121 cm³/mol. The van der Waals surface area contributed by atoms with Gasteiger partial charge in [0.15, 0.2) is 5.82 Å². The van der Waals surface area contributed by atoms with Crippen LogP contribution in [-0.2, 0) is 25.9 Å². The summed E-state index contributed by atoms with van der Waals surface area (Å²) in [7, 11) is 0. The Hall–Kier alpha value is -3.14. The number of aromatic nitrogens is 2. The number of fused-ring (bicyclic) bond motifs is 2. The number of pyridine rings is 1. The van der Waals surface area contributed by atoms with E-state index in [-0.39, 0.29) is 5.82 Å². The maximum atomic E-state index is 13.4. The van der Waals surface area contributed by atoms with Gasteiger partial charge in [-0.1, -0.05) is 43.3 Å². The van der Waals surface area contributed by atoms with Gasteiger partial charge in [0.1, 0.15) is 5.82 Å². The molecule has 0 fully saturated rings. The van der Waals surface area contributed by atoms with Crippen molar-refractivity contribution in [2.75, 3.05) is 11.4 Å². The van der Waals surface area contributed by atoms with Crippen LogP contribution in [0.4, 0.5) is 10.2 Å². The van der Waals surface area contributed by atoms with Gasteiger partial charge in [0.2, 0.25) is 0 Å². The summed E-state index contributed by atoms with van der Waals surface area (Å²) in [5, 5.41) is 1.26. The molecule has 0 radical (unpaired) electrons. The summed E-state index contributed by atoms with van der Waals surface area (Å²) in [6.07, 6.45) is 3.92. The molecule has 152 valence electrons. The molecule has 0 amide bonds. The molecule has 3 heterocycles. The van der Waals surface area contributed by atoms with Crippen LogP contribution in [0.1, 0.15) is 34.9 Å². The molecular weight excluding hydrogens is 373 g/mol. The van der Waals surface area contributed by atoms with Crippen molar-refractivity contribution in [1.29, 1.82) is 0 Å². The second kappa shape index (κ2) is 7.60. The van der Waals surface area contributed by atoms with Crippen LogP contribution in [0.3, 0.4) is 0 Å². The zero-order chi connectivity index (χ0) is 20.7. The highest BCUT2D eigenvalue weighted by Crippen LogP contribution is 2.34. The average Bonchev–Trinajstić information content (AvgIpc) is 3.06. The van der Waals surface area contributed by atoms with E-state index >= 15 is 0 Å². The van der Waals surface area contributed by atoms with Gasteiger partial charge in [0.25, 0.3) is 0 Å². The van der Waals surface area contributed by atoms with Gasteiger partial charge < -0.3 is 9.47 Å². The molecule has 1 aliphatic heterocycles. The van der Waals surface area contributed by atoms with Crippen molar-refractivity contribution in [3.8, 4) is 0 Å². The molecule has 3 nitrogen and oxygen atoms in total. The van der Waals surface area contributed by atoms with Crippen molar-refractivity contribution >= 4 is 16.7 Å². The lowest BCUT2D eigenvalue weighted by molar-refractivity contribution is 0.626. The predicted octanol–water partition coefficient (Wildman–Crippen LogP) is 5.66. The zero-order valence-corrected chi connectivity index (χ0v) is 17.5. The number of hydrogen-bond donors (Lipinski definition) is 0. The van der Waals surface area contributed by atoms with E-state index in [0.717, 1.165) is 43.9 Å². The van der Waals surface area contributed by atoms with Gasteiger partial charge in [-0.25, -0.2) is 9.37 Å². The topological polar surface area (TPSA) is 21.1 Å². The smallest absolute Gasteiger partial charge is 0.153 e. The molecule has 30 heavy (non-hydrogen) atoms. The summed E-state index contributed by atoms with van der Waals surface area (Å²) >= 11 is 0. The van der Waals surface area contributed by atoms with Crippen LogP contribution >= 0.6 is 0 Å². The molecule has 0 spiro atoms. The van der Waals surface area contributed by atoms with E-state index < -0.39 is 0 Å². The lowest BCUT2D eigenvalue weighted by atomic mass is 10.00. The van der Waals surface area contributed by atoms with E-state index in [2.05, 4.69) is 53.6 Å². The number of aryl methyl sites for hydroxylation is 1. The minimum Gasteiger partial charge on any atom is -0.350 e. The van der Waals surface area contributed by atoms with Crippen molar-refractivity contribution in [3.63, 3.8) is 0 Å². The van der Waals surface area contributed by atoms with Crippen LogP contribution < -0.4 is 4.90 Å². The maximum absolute atomic E-state index is 13.4. The van der Waals surface area contributed by atoms with Crippen LogP contribution in [0.5, 0.6) is 0 Å². The molecular formula is C26H26FN3. The first kappa shape index (κ1) is 18.9. The molecule has 0 N–H and O–H groups in total. The molecule has 4 aromatic rings. The molecule has 2 aromatic carbocycles. The van der Waals surface area contributed by atoms with Crippen LogP contribution in [0.2, 0.25) is 0 Å². The Labute approximate surface area is 176 Å². The van der Waals surface area contributed by atoms with E-state index in [0.29, 0.717) is 0 Å². The summed E-state index contributed by atoms with van der Waals surface area (Å²) < 4.78 is 15.8. The number of rotatable bonds is 4. The summed E-state index contributed by atoms with van der Waals surface area (Å²) in [6.45, 7) is 6.97. The van der Waals surface area contributed by atoms with Crippen molar-refractivity contribution in [1.82, 2.24) is 9.55 Å². The van der Waals surface area contributed by atoms with Gasteiger partial charge in [-0.15, -0.1) is 0 Å². The van der Waals surface area contributed by atoms with E-state index in [1.807, 2.05) is 18.3 Å². The Morgan fingerprint density at radius 3 is 2.53 bits per heavy atom. The molecule has 0 saturated heterocycles. The molecule has 0 aliphatic carbocycles. The lowest BCUT2D eigenvalue weighted by Gasteiger charge is -2.30. The first-order valence-corrected chi connectivity index (χ1v) is 10.7. The molecule has 0 unspecified atom stereocenters. The third-order valence-electron chi connectivity index (χ3n) is 6.36. The Bertz CT molecular complexity index is 1210. The normalized spacial score (nSPS) is 13.6. The third-order valence-corrected chi connectivity index (χ3v) is 6.36. The average molecular weight is 400 g/mol. The molecule has 1 aliphatic rings. The van der Waals surface area contributed by atoms with Crippen LogP contribution in [0.15, 0.2) is 60.8 Å². The van der Waals surface area contributed by atoms with Crippen molar-refractivity contribution in [2.45, 2.75) is 39.8 Å². The highest BCUT2D eigenvalue weighted by Gasteiger charge is 2.23. The van der Waals surface area contributed by atoms with E-state index in [1.54, 1.807) is 12.1 Å². The fraction of sp³-hybridized carbons (Fsp3) is 0.269. The van der Waals surface area contributed by atoms with Crippen molar-refractivity contribution < 1.29 is 4.39 Å². The highest BCUT2D eigenvalue weighted by molar-refractivity contribution is 5.93. The molecule has 0 saturated carbocycles.